The summed E-state index contributed by atoms with van der Waals surface area (Å²) < 4.78 is 52.9. The first-order valence-corrected chi connectivity index (χ1v) is 13.9. The smallest absolute Gasteiger partial charge is 0.390 e. The lowest BCUT2D eigenvalue weighted by atomic mass is 10.2. The summed E-state index contributed by atoms with van der Waals surface area (Å²) in [5.41, 5.74) is 6.29. The lowest BCUT2D eigenvalue weighted by molar-refractivity contribution is -0.0421. The highest BCUT2D eigenvalue weighted by molar-refractivity contribution is 7.66. The third-order valence-corrected chi connectivity index (χ3v) is 8.55. The van der Waals surface area contributed by atoms with Gasteiger partial charge in [-0.3, -0.25) is 14.3 Å². The summed E-state index contributed by atoms with van der Waals surface area (Å²) in [5, 5.41) is 10.5. The summed E-state index contributed by atoms with van der Waals surface area (Å²) in [6, 6.07) is 3.03. The molecule has 1 aliphatic heterocycles. The number of nitrogen functional groups attached to an aromatic ring is 1. The van der Waals surface area contributed by atoms with Crippen molar-refractivity contribution in [2.45, 2.75) is 24.9 Å². The van der Waals surface area contributed by atoms with Gasteiger partial charge < -0.3 is 39.7 Å². The van der Waals surface area contributed by atoms with Crippen LogP contribution in [0.3, 0.4) is 0 Å². The summed E-state index contributed by atoms with van der Waals surface area (Å²) in [6.07, 6.45) is -1.95. The highest BCUT2D eigenvalue weighted by Crippen LogP contribution is 2.66. The molecule has 0 bridgehead atoms. The SMILES string of the molecule is Nc1nc2cc3c(cc2c(=O)[nH]1)ncn3C1CC(O)C(COP(=O)(O)OP(=O)(O)OP(=O)(O)O)O1. The lowest BCUT2D eigenvalue weighted by Crippen LogP contribution is -2.26. The van der Waals surface area contributed by atoms with Crippen molar-refractivity contribution in [2.75, 3.05) is 12.3 Å². The van der Waals surface area contributed by atoms with Crippen LogP contribution >= 0.6 is 23.5 Å². The number of nitrogens with one attached hydrogen (secondary N) is 1. The monoisotopic (exact) mass is 557 g/mol. The van der Waals surface area contributed by atoms with Crippen molar-refractivity contribution in [3.63, 3.8) is 0 Å². The Labute approximate surface area is 193 Å². The standard InChI is InChI=1S/C14H18N5O13P3/c15-14-17-7-2-9-8(1-6(7)13(21)18-14)16-5-19(9)12-3-10(20)11(30-12)4-29-34(25,26)32-35(27,28)31-33(22,23)24/h1-2,5,10-12,20H,3-4H2,(H,25,26)(H,27,28)(H2,22,23,24)(H3,15,17,18,21). The number of aromatic amines is 1. The third kappa shape index (κ3) is 6.03. The third-order valence-electron chi connectivity index (χ3n) is 4.75. The van der Waals surface area contributed by atoms with Crippen molar-refractivity contribution in [3.05, 3.63) is 28.8 Å². The van der Waals surface area contributed by atoms with E-state index in [-0.39, 0.29) is 23.3 Å². The number of ether oxygens (including phenoxy) is 1. The van der Waals surface area contributed by atoms with Crippen molar-refractivity contribution in [1.82, 2.24) is 19.5 Å². The maximum Gasteiger partial charge on any atom is 0.490 e. The summed E-state index contributed by atoms with van der Waals surface area (Å²) >= 11 is 0. The van der Waals surface area contributed by atoms with Crippen LogP contribution < -0.4 is 11.3 Å². The molecule has 0 aliphatic carbocycles. The van der Waals surface area contributed by atoms with Crippen molar-refractivity contribution < 1.29 is 56.3 Å². The van der Waals surface area contributed by atoms with Crippen molar-refractivity contribution in [3.8, 4) is 0 Å². The maximum atomic E-state index is 12.1. The number of imidazole rings is 1. The molecule has 1 aliphatic rings. The molecule has 8 N–H and O–H groups in total. The van der Waals surface area contributed by atoms with Crippen molar-refractivity contribution in [2.24, 2.45) is 0 Å². The topological polar surface area (TPSA) is 279 Å². The molecule has 1 aromatic carbocycles. The van der Waals surface area contributed by atoms with Gasteiger partial charge in [-0.05, 0) is 12.1 Å². The van der Waals surface area contributed by atoms with Crippen LogP contribution in [0.5, 0.6) is 0 Å². The van der Waals surface area contributed by atoms with E-state index in [0.717, 1.165) is 0 Å². The van der Waals surface area contributed by atoms with E-state index in [4.69, 9.17) is 20.3 Å². The Kier molecular flexibility index (Phi) is 6.78. The molecule has 0 radical (unpaired) electrons. The van der Waals surface area contributed by atoms with E-state index in [9.17, 15) is 33.4 Å². The number of fused-ring (bicyclic) bond motifs is 2. The molecule has 4 rings (SSSR count). The van der Waals surface area contributed by atoms with Gasteiger partial charge in [-0.15, -0.1) is 0 Å². The molecule has 3 aromatic rings. The van der Waals surface area contributed by atoms with Crippen molar-refractivity contribution in [1.29, 1.82) is 0 Å². The Morgan fingerprint density at radius 2 is 1.86 bits per heavy atom. The van der Waals surface area contributed by atoms with Crippen LogP contribution in [0.1, 0.15) is 12.6 Å². The van der Waals surface area contributed by atoms with Gasteiger partial charge in [0, 0.05) is 6.42 Å². The molecule has 1 fully saturated rings. The number of rotatable bonds is 8. The first-order chi connectivity index (χ1) is 16.1. The zero-order valence-electron chi connectivity index (χ0n) is 17.1. The summed E-state index contributed by atoms with van der Waals surface area (Å²) in [7, 11) is -16.6. The van der Waals surface area contributed by atoms with E-state index >= 15 is 0 Å². The second kappa shape index (κ2) is 9.12. The average Bonchev–Trinajstić information content (AvgIpc) is 3.24. The Balaban J connectivity index is 1.48. The average molecular weight is 557 g/mol. The fraction of sp³-hybridized carbons (Fsp3) is 0.357. The molecule has 5 unspecified atom stereocenters. The van der Waals surface area contributed by atoms with E-state index in [1.165, 1.54) is 17.0 Å². The van der Waals surface area contributed by atoms with Crippen LogP contribution in [-0.2, 0) is 31.6 Å². The van der Waals surface area contributed by atoms with Gasteiger partial charge in [0.1, 0.15) is 12.3 Å². The second-order valence-corrected chi connectivity index (χ2v) is 11.7. The molecule has 192 valence electrons. The van der Waals surface area contributed by atoms with Crippen LogP contribution in [0.2, 0.25) is 0 Å². The van der Waals surface area contributed by atoms with Gasteiger partial charge in [-0.1, -0.05) is 0 Å². The fourth-order valence-electron chi connectivity index (χ4n) is 3.41. The Bertz CT molecular complexity index is 1480. The van der Waals surface area contributed by atoms with Gasteiger partial charge in [0.2, 0.25) is 5.95 Å². The van der Waals surface area contributed by atoms with E-state index in [1.54, 1.807) is 6.07 Å². The first-order valence-electron chi connectivity index (χ1n) is 9.40. The number of benzene rings is 1. The van der Waals surface area contributed by atoms with Crippen LogP contribution in [0.25, 0.3) is 21.9 Å². The summed E-state index contributed by atoms with van der Waals surface area (Å²) in [6.45, 7) is -0.815. The molecule has 3 heterocycles. The number of phosphoric ester groups is 1. The number of hydrogen-bond acceptors (Lipinski definition) is 12. The van der Waals surface area contributed by atoms with Crippen LogP contribution in [0.15, 0.2) is 23.3 Å². The van der Waals surface area contributed by atoms with Gasteiger partial charge in [-0.25, -0.2) is 23.7 Å². The molecule has 2 aromatic heterocycles. The first kappa shape index (κ1) is 26.0. The van der Waals surface area contributed by atoms with Gasteiger partial charge in [0.05, 0.1) is 41.0 Å². The lowest BCUT2D eigenvalue weighted by Gasteiger charge is -2.19. The van der Waals surface area contributed by atoms with Crippen molar-refractivity contribution >= 4 is 51.4 Å². The summed E-state index contributed by atoms with van der Waals surface area (Å²) in [4.78, 5) is 58.6. The quantitative estimate of drug-likeness (QED) is 0.177. The molecular weight excluding hydrogens is 539 g/mol. The molecule has 0 spiro atoms. The van der Waals surface area contributed by atoms with E-state index in [2.05, 4.69) is 28.1 Å². The largest absolute Gasteiger partial charge is 0.490 e. The minimum absolute atomic E-state index is 0.0289. The number of aromatic nitrogens is 4. The molecule has 18 nitrogen and oxygen atoms in total. The molecule has 5 atom stereocenters. The molecule has 0 amide bonds. The number of hydrogen-bond donors (Lipinski definition) is 7. The number of nitrogens with zero attached hydrogens (tertiary/aromatic N) is 3. The molecule has 21 heteroatoms. The number of nitrogens with two attached hydrogens (primary N) is 1. The Morgan fingerprint density at radius 3 is 2.54 bits per heavy atom. The van der Waals surface area contributed by atoms with E-state index in [0.29, 0.717) is 11.0 Å². The molecule has 0 saturated carbocycles. The number of aliphatic hydroxyl groups is 1. The van der Waals surface area contributed by atoms with Gasteiger partial charge in [0.25, 0.3) is 5.56 Å². The minimum Gasteiger partial charge on any atom is -0.390 e. The highest BCUT2D eigenvalue weighted by Gasteiger charge is 2.43. The number of phosphoric acid groups is 3. The highest BCUT2D eigenvalue weighted by atomic mass is 31.3. The maximum absolute atomic E-state index is 12.1. The fourth-order valence-corrected chi connectivity index (χ4v) is 6.44. The number of H-pyrrole nitrogens is 1. The van der Waals surface area contributed by atoms with E-state index < -0.39 is 54.1 Å². The van der Waals surface area contributed by atoms with Gasteiger partial charge >= 0.3 is 23.5 Å². The number of aliphatic hydroxyl groups excluding tert-OH is 1. The zero-order valence-corrected chi connectivity index (χ0v) is 19.8. The zero-order chi connectivity index (χ0) is 25.8. The molecular formula is C14H18N5O13P3. The predicted molar refractivity (Wildman–Crippen MR) is 114 cm³/mol. The van der Waals surface area contributed by atoms with E-state index in [1.807, 2.05) is 0 Å². The predicted octanol–water partition coefficient (Wildman–Crippen LogP) is -0.153. The normalized spacial score (nSPS) is 24.5. The van der Waals surface area contributed by atoms with Gasteiger partial charge in [-0.2, -0.15) is 8.62 Å². The second-order valence-electron chi connectivity index (χ2n) is 7.28. The molecule has 1 saturated heterocycles. The van der Waals surface area contributed by atoms with Crippen LogP contribution in [0, 0.1) is 0 Å². The summed E-state index contributed by atoms with van der Waals surface area (Å²) in [5.74, 6) is -0.0908. The molecule has 35 heavy (non-hydrogen) atoms. The Morgan fingerprint density at radius 1 is 1.14 bits per heavy atom. The van der Waals surface area contributed by atoms with Gasteiger partial charge in [0.15, 0.2) is 0 Å². The van der Waals surface area contributed by atoms with Crippen LogP contribution in [0.4, 0.5) is 5.95 Å². The number of anilines is 1. The minimum atomic E-state index is -5.67. The van der Waals surface area contributed by atoms with Crippen LogP contribution in [-0.4, -0.2) is 63.0 Å². The Hall–Kier alpha value is -2.04.